The highest BCUT2D eigenvalue weighted by molar-refractivity contribution is 5.34. The largest absolute Gasteiger partial charge is 0.491 e. The fraction of sp³-hybridized carbons (Fsp3) is 0.500. The summed E-state index contributed by atoms with van der Waals surface area (Å²) in [7, 11) is 0. The molecule has 62 valence electrons. The van der Waals surface area contributed by atoms with Crippen LogP contribution in [0.25, 0.3) is 0 Å². The Kier molecular flexibility index (Phi) is 2.08. The average molecular weight is 154 g/mol. The Morgan fingerprint density at radius 2 is 1.91 bits per heavy atom. The smallest absolute Gasteiger partial charge is 0.142 e. The molecule has 1 aliphatic heterocycles. The van der Waals surface area contributed by atoms with E-state index >= 15 is 0 Å². The molecule has 1 saturated heterocycles. The lowest BCUT2D eigenvalue weighted by atomic mass is 10.1. The van der Waals surface area contributed by atoms with Gasteiger partial charge in [-0.15, -0.1) is 0 Å². The molecule has 0 aliphatic carbocycles. The Balaban J connectivity index is 3.01. The summed E-state index contributed by atoms with van der Waals surface area (Å²) in [6, 6.07) is 0. The zero-order valence-corrected chi connectivity index (χ0v) is 6.98. The van der Waals surface area contributed by atoms with Crippen LogP contribution >= 0.6 is 0 Å². The van der Waals surface area contributed by atoms with Gasteiger partial charge in [-0.2, -0.15) is 0 Å². The average Bonchev–Trinajstić information content (AvgIpc) is 2.32. The van der Waals surface area contributed by atoms with Crippen LogP contribution in [-0.4, -0.2) is 6.61 Å². The van der Waals surface area contributed by atoms with Gasteiger partial charge in [0.25, 0.3) is 0 Å². The third-order valence-corrected chi connectivity index (χ3v) is 1.71. The van der Waals surface area contributed by atoms with Crippen molar-refractivity contribution < 1.29 is 4.74 Å². The van der Waals surface area contributed by atoms with Crippen molar-refractivity contribution in [2.45, 2.75) is 20.3 Å². The predicted molar refractivity (Wildman–Crippen MR) is 44.3 cm³/mol. The van der Waals surface area contributed by atoms with Crippen LogP contribution in [0.15, 0.2) is 22.7 Å². The summed E-state index contributed by atoms with van der Waals surface area (Å²) >= 11 is 0. The van der Waals surface area contributed by atoms with Crippen molar-refractivity contribution in [1.82, 2.24) is 0 Å². The monoisotopic (exact) mass is 154 g/mol. The second-order valence-corrected chi connectivity index (χ2v) is 2.77. The summed E-state index contributed by atoms with van der Waals surface area (Å²) in [4.78, 5) is 0. The Morgan fingerprint density at radius 1 is 1.27 bits per heavy atom. The van der Waals surface area contributed by atoms with Gasteiger partial charge in [-0.1, -0.05) is 0 Å². The number of ether oxygens (including phenoxy) is 1. The fourth-order valence-electron chi connectivity index (χ4n) is 1.18. The molecular weight excluding hydrogens is 140 g/mol. The molecule has 0 bridgehead atoms. The number of hydrogen-bond donors (Lipinski definition) is 2. The van der Waals surface area contributed by atoms with Gasteiger partial charge in [0.15, 0.2) is 0 Å². The highest BCUT2D eigenvalue weighted by Gasteiger charge is 2.18. The van der Waals surface area contributed by atoms with Gasteiger partial charge in [-0.25, -0.2) is 0 Å². The van der Waals surface area contributed by atoms with Gasteiger partial charge >= 0.3 is 0 Å². The first-order valence-electron chi connectivity index (χ1n) is 3.67. The van der Waals surface area contributed by atoms with Crippen molar-refractivity contribution in [3.05, 3.63) is 22.7 Å². The van der Waals surface area contributed by atoms with E-state index in [1.54, 1.807) is 0 Å². The maximum Gasteiger partial charge on any atom is 0.142 e. The summed E-state index contributed by atoms with van der Waals surface area (Å²) < 4.78 is 5.31. The summed E-state index contributed by atoms with van der Waals surface area (Å²) in [5.41, 5.74) is 13.8. The van der Waals surface area contributed by atoms with Crippen molar-refractivity contribution in [3.8, 4) is 0 Å². The number of nitrogens with two attached hydrogens (primary N) is 2. The minimum Gasteiger partial charge on any atom is -0.491 e. The molecule has 1 fully saturated rings. The summed E-state index contributed by atoms with van der Waals surface area (Å²) in [5.74, 6) is 0.782. The van der Waals surface area contributed by atoms with Crippen LogP contribution in [0.4, 0.5) is 0 Å². The predicted octanol–water partition coefficient (Wildman–Crippen LogP) is 0.830. The zero-order valence-electron chi connectivity index (χ0n) is 6.98. The molecule has 4 N–H and O–H groups in total. The number of rotatable bonds is 0. The minimum absolute atomic E-state index is 0.702. The minimum atomic E-state index is 0.702. The summed E-state index contributed by atoms with van der Waals surface area (Å²) in [5, 5.41) is 0. The van der Waals surface area contributed by atoms with Gasteiger partial charge in [0.05, 0.1) is 6.61 Å². The van der Waals surface area contributed by atoms with Gasteiger partial charge in [0.2, 0.25) is 0 Å². The molecule has 11 heavy (non-hydrogen) atoms. The van der Waals surface area contributed by atoms with Crippen molar-refractivity contribution in [3.63, 3.8) is 0 Å². The summed E-state index contributed by atoms with van der Waals surface area (Å²) in [6.45, 7) is 4.39. The van der Waals surface area contributed by atoms with Crippen LogP contribution in [0, 0.1) is 0 Å². The van der Waals surface area contributed by atoms with Crippen molar-refractivity contribution in [1.29, 1.82) is 0 Å². The first-order chi connectivity index (χ1) is 5.13. The lowest BCUT2D eigenvalue weighted by Gasteiger charge is -2.03. The maximum absolute atomic E-state index is 5.64. The molecule has 0 radical (unpaired) electrons. The molecule has 3 heteroatoms. The van der Waals surface area contributed by atoms with E-state index in [-0.39, 0.29) is 0 Å². The van der Waals surface area contributed by atoms with Crippen LogP contribution in [0.1, 0.15) is 20.3 Å². The van der Waals surface area contributed by atoms with E-state index in [0.717, 1.165) is 23.5 Å². The molecule has 0 unspecified atom stereocenters. The lowest BCUT2D eigenvalue weighted by molar-refractivity contribution is 0.262. The molecule has 1 heterocycles. The molecule has 0 saturated carbocycles. The molecular formula is C8H14N2O. The molecule has 1 aliphatic rings. The van der Waals surface area contributed by atoms with Crippen LogP contribution in [-0.2, 0) is 4.74 Å². The van der Waals surface area contributed by atoms with Crippen LogP contribution in [0.2, 0.25) is 0 Å². The van der Waals surface area contributed by atoms with E-state index in [2.05, 4.69) is 0 Å². The van der Waals surface area contributed by atoms with Gasteiger partial charge in [0, 0.05) is 23.4 Å². The Morgan fingerprint density at radius 3 is 2.27 bits per heavy atom. The van der Waals surface area contributed by atoms with Crippen LogP contribution in [0.3, 0.4) is 0 Å². The van der Waals surface area contributed by atoms with Crippen molar-refractivity contribution >= 4 is 0 Å². The Labute approximate surface area is 66.7 Å². The zero-order chi connectivity index (χ0) is 8.43. The highest BCUT2D eigenvalue weighted by atomic mass is 16.5. The first kappa shape index (κ1) is 7.98. The first-order valence-corrected chi connectivity index (χ1v) is 3.67. The second-order valence-electron chi connectivity index (χ2n) is 2.77. The van der Waals surface area contributed by atoms with E-state index in [1.807, 2.05) is 13.8 Å². The normalized spacial score (nSPS) is 26.4. The highest BCUT2D eigenvalue weighted by Crippen LogP contribution is 2.26. The fourth-order valence-corrected chi connectivity index (χ4v) is 1.18. The van der Waals surface area contributed by atoms with E-state index in [9.17, 15) is 0 Å². The molecule has 0 atom stereocenters. The molecule has 0 aromatic heterocycles. The quantitative estimate of drug-likeness (QED) is 0.543. The Bertz CT molecular complexity index is 196. The third-order valence-electron chi connectivity index (χ3n) is 1.71. The van der Waals surface area contributed by atoms with Gasteiger partial charge in [0.1, 0.15) is 5.76 Å². The molecule has 0 amide bonds. The van der Waals surface area contributed by atoms with E-state index in [0.29, 0.717) is 12.3 Å². The van der Waals surface area contributed by atoms with Gasteiger partial charge in [-0.3, -0.25) is 0 Å². The molecule has 3 nitrogen and oxygen atoms in total. The third kappa shape index (κ3) is 1.48. The van der Waals surface area contributed by atoms with Gasteiger partial charge in [-0.05, 0) is 13.8 Å². The second kappa shape index (κ2) is 2.86. The molecule has 0 aromatic carbocycles. The van der Waals surface area contributed by atoms with E-state index in [4.69, 9.17) is 16.2 Å². The summed E-state index contributed by atoms with van der Waals surface area (Å²) in [6.07, 6.45) is 0.881. The molecule has 1 rings (SSSR count). The van der Waals surface area contributed by atoms with Gasteiger partial charge < -0.3 is 16.2 Å². The molecule has 0 aromatic rings. The van der Waals surface area contributed by atoms with E-state index < -0.39 is 0 Å². The Hall–Kier alpha value is -1.12. The van der Waals surface area contributed by atoms with Crippen LogP contribution in [0.5, 0.6) is 0 Å². The van der Waals surface area contributed by atoms with Crippen molar-refractivity contribution in [2.75, 3.05) is 6.61 Å². The molecule has 0 spiro atoms. The number of hydrogen-bond acceptors (Lipinski definition) is 3. The topological polar surface area (TPSA) is 61.3 Å². The lowest BCUT2D eigenvalue weighted by Crippen LogP contribution is -2.02. The van der Waals surface area contributed by atoms with Crippen molar-refractivity contribution in [2.24, 2.45) is 11.5 Å². The standard InChI is InChI=1S/C8H14N2O/c1-5(9)7-3-4-11-8(7)6(2)10/h3-4,9-10H2,1-2H3/b7-5-,8-6+. The van der Waals surface area contributed by atoms with E-state index in [1.165, 1.54) is 0 Å². The number of allylic oxidation sites excluding steroid dienone is 3. The van der Waals surface area contributed by atoms with Crippen LogP contribution < -0.4 is 11.5 Å². The maximum atomic E-state index is 5.64. The SMILES string of the molecule is C/C(N)=C1\CCO\C1=C(/C)N.